The fourth-order valence-electron chi connectivity index (χ4n) is 0.448. The van der Waals surface area contributed by atoms with E-state index in [9.17, 15) is 4.79 Å². The van der Waals surface area contributed by atoms with Gasteiger partial charge < -0.3 is 5.11 Å². The maximum Gasteiger partial charge on any atom is 0.330 e. The van der Waals surface area contributed by atoms with Gasteiger partial charge in [-0.05, 0) is 24.3 Å². The molecule has 0 heterocycles. The van der Waals surface area contributed by atoms with Crippen molar-refractivity contribution in [3.05, 3.63) is 11.6 Å². The standard InChI is InChI=1S/C7H12O2.H4Si/c1-3-4-5-6(2)7(8)9;/h5H,3-4H2,1-2H3,(H,8,9);1H4/b6-5+;. The van der Waals surface area contributed by atoms with Gasteiger partial charge >= 0.3 is 5.97 Å². The number of allylic oxidation sites excluding steroid dienone is 1. The molecule has 0 radical (unpaired) electrons. The number of carboxylic acids is 1. The fourth-order valence-corrected chi connectivity index (χ4v) is 0.448. The summed E-state index contributed by atoms with van der Waals surface area (Å²) in [5.41, 5.74) is 0.442. The number of hydrogen-bond donors (Lipinski definition) is 1. The van der Waals surface area contributed by atoms with Gasteiger partial charge in [0.15, 0.2) is 0 Å². The first-order valence-electron chi connectivity index (χ1n) is 3.08. The van der Waals surface area contributed by atoms with E-state index in [4.69, 9.17) is 5.11 Å². The average molecular weight is 160 g/mol. The SMILES string of the molecule is CCC/C=C(\C)C(=O)O.[SiH4]. The van der Waals surface area contributed by atoms with E-state index in [0.29, 0.717) is 5.57 Å². The molecule has 1 N–H and O–H groups in total. The Morgan fingerprint density at radius 1 is 1.60 bits per heavy atom. The minimum Gasteiger partial charge on any atom is -0.478 e. The maximum absolute atomic E-state index is 10.1. The monoisotopic (exact) mass is 160 g/mol. The van der Waals surface area contributed by atoms with E-state index in [-0.39, 0.29) is 11.0 Å². The number of unbranched alkanes of at least 4 members (excludes halogenated alkanes) is 1. The van der Waals surface area contributed by atoms with Crippen LogP contribution in [0.2, 0.25) is 0 Å². The summed E-state index contributed by atoms with van der Waals surface area (Å²) in [5, 5.41) is 8.34. The molecule has 2 nitrogen and oxygen atoms in total. The third-order valence-electron chi connectivity index (χ3n) is 1.08. The lowest BCUT2D eigenvalue weighted by molar-refractivity contribution is -0.132. The lowest BCUT2D eigenvalue weighted by atomic mass is 10.2. The van der Waals surface area contributed by atoms with Gasteiger partial charge in [0.05, 0.1) is 0 Å². The van der Waals surface area contributed by atoms with Gasteiger partial charge in [-0.25, -0.2) is 4.79 Å². The summed E-state index contributed by atoms with van der Waals surface area (Å²) in [6, 6.07) is 0. The number of carbonyl (C=O) groups is 1. The van der Waals surface area contributed by atoms with Gasteiger partial charge in [0.1, 0.15) is 0 Å². The van der Waals surface area contributed by atoms with E-state index in [0.717, 1.165) is 12.8 Å². The third kappa shape index (κ3) is 5.56. The van der Waals surface area contributed by atoms with Crippen LogP contribution in [0.25, 0.3) is 0 Å². The Labute approximate surface area is 66.0 Å². The molecular weight excluding hydrogens is 144 g/mol. The third-order valence-corrected chi connectivity index (χ3v) is 1.08. The maximum atomic E-state index is 10.1. The van der Waals surface area contributed by atoms with Crippen LogP contribution in [0.3, 0.4) is 0 Å². The Bertz CT molecular complexity index is 130. The van der Waals surface area contributed by atoms with Gasteiger partial charge in [0.25, 0.3) is 0 Å². The molecule has 0 rings (SSSR count). The molecule has 0 aliphatic rings. The average Bonchev–Trinajstić information content (AvgIpc) is 1.82. The first-order chi connectivity index (χ1) is 4.18. The molecule has 3 heteroatoms. The van der Waals surface area contributed by atoms with E-state index in [2.05, 4.69) is 0 Å². The van der Waals surface area contributed by atoms with Crippen LogP contribution in [0.4, 0.5) is 0 Å². The van der Waals surface area contributed by atoms with Gasteiger partial charge in [-0.2, -0.15) is 0 Å². The largest absolute Gasteiger partial charge is 0.478 e. The van der Waals surface area contributed by atoms with Crippen LogP contribution in [-0.2, 0) is 4.79 Å². The highest BCUT2D eigenvalue weighted by Crippen LogP contribution is 1.96. The highest BCUT2D eigenvalue weighted by atomic mass is 28.1. The van der Waals surface area contributed by atoms with Crippen molar-refractivity contribution in [3.8, 4) is 0 Å². The summed E-state index contributed by atoms with van der Waals surface area (Å²) in [4.78, 5) is 10.1. The smallest absolute Gasteiger partial charge is 0.330 e. The minimum atomic E-state index is -0.816. The molecule has 0 atom stereocenters. The predicted octanol–water partition coefficient (Wildman–Crippen LogP) is 0.366. The molecule has 0 spiro atoms. The quantitative estimate of drug-likeness (QED) is 0.478. The Morgan fingerprint density at radius 3 is 2.40 bits per heavy atom. The van der Waals surface area contributed by atoms with Crippen LogP contribution in [0, 0.1) is 0 Å². The second kappa shape index (κ2) is 6.55. The van der Waals surface area contributed by atoms with Crippen LogP contribution in [0.15, 0.2) is 11.6 Å². The first kappa shape index (κ1) is 12.1. The van der Waals surface area contributed by atoms with Crippen molar-refractivity contribution in [2.24, 2.45) is 0 Å². The van der Waals surface area contributed by atoms with E-state index in [1.165, 1.54) is 0 Å². The van der Waals surface area contributed by atoms with E-state index in [1.807, 2.05) is 6.92 Å². The fraction of sp³-hybridized carbons (Fsp3) is 0.571. The molecule has 0 amide bonds. The number of rotatable bonds is 3. The summed E-state index contributed by atoms with van der Waals surface area (Å²) >= 11 is 0. The number of aliphatic carboxylic acids is 1. The van der Waals surface area contributed by atoms with E-state index >= 15 is 0 Å². The Hall–Kier alpha value is -0.573. The van der Waals surface area contributed by atoms with Crippen molar-refractivity contribution in [2.75, 3.05) is 0 Å². The van der Waals surface area contributed by atoms with Crippen LogP contribution >= 0.6 is 0 Å². The first-order valence-corrected chi connectivity index (χ1v) is 3.08. The summed E-state index contributed by atoms with van der Waals surface area (Å²) in [6.07, 6.45) is 3.60. The molecule has 0 aromatic carbocycles. The van der Waals surface area contributed by atoms with Crippen molar-refractivity contribution < 1.29 is 9.90 Å². The topological polar surface area (TPSA) is 37.3 Å². The lowest BCUT2D eigenvalue weighted by Gasteiger charge is -1.89. The lowest BCUT2D eigenvalue weighted by Crippen LogP contribution is -1.95. The Balaban J connectivity index is 0. The number of hydrogen-bond acceptors (Lipinski definition) is 1. The van der Waals surface area contributed by atoms with Gasteiger partial charge in [-0.1, -0.05) is 19.4 Å². The molecule has 0 unspecified atom stereocenters. The molecule has 10 heavy (non-hydrogen) atoms. The Morgan fingerprint density at radius 2 is 2.10 bits per heavy atom. The zero-order chi connectivity index (χ0) is 7.28. The normalized spacial score (nSPS) is 10.4. The van der Waals surface area contributed by atoms with Crippen molar-refractivity contribution >= 4 is 16.9 Å². The zero-order valence-electron chi connectivity index (χ0n) is 5.85. The van der Waals surface area contributed by atoms with Gasteiger partial charge in [0, 0.05) is 5.57 Å². The van der Waals surface area contributed by atoms with Crippen LogP contribution < -0.4 is 0 Å². The Kier molecular flexibility index (Phi) is 7.94. The van der Waals surface area contributed by atoms with Crippen molar-refractivity contribution in [1.29, 1.82) is 0 Å². The van der Waals surface area contributed by atoms with Gasteiger partial charge in [0.2, 0.25) is 0 Å². The van der Waals surface area contributed by atoms with Crippen molar-refractivity contribution in [2.45, 2.75) is 26.7 Å². The molecule has 0 saturated carbocycles. The summed E-state index contributed by atoms with van der Waals surface area (Å²) in [7, 11) is 0. The van der Waals surface area contributed by atoms with Crippen molar-refractivity contribution in [1.82, 2.24) is 0 Å². The molecule has 0 fully saturated rings. The zero-order valence-corrected chi connectivity index (χ0v) is 5.85. The van der Waals surface area contributed by atoms with Gasteiger partial charge in [-0.3, -0.25) is 0 Å². The molecule has 60 valence electrons. The van der Waals surface area contributed by atoms with E-state index < -0.39 is 5.97 Å². The molecule has 0 aromatic rings. The molecule has 0 bridgehead atoms. The minimum absolute atomic E-state index is 0. The van der Waals surface area contributed by atoms with Crippen LogP contribution in [0.5, 0.6) is 0 Å². The van der Waals surface area contributed by atoms with Gasteiger partial charge in [-0.15, -0.1) is 0 Å². The molecule has 0 aliphatic heterocycles. The second-order valence-corrected chi connectivity index (χ2v) is 1.98. The number of carboxylic acid groups (broad SMARTS) is 1. The molecular formula is C7H16O2Si. The summed E-state index contributed by atoms with van der Waals surface area (Å²) in [6.45, 7) is 3.63. The second-order valence-electron chi connectivity index (χ2n) is 1.98. The molecule has 0 aromatic heterocycles. The van der Waals surface area contributed by atoms with Crippen LogP contribution in [-0.4, -0.2) is 22.0 Å². The van der Waals surface area contributed by atoms with E-state index in [1.54, 1.807) is 13.0 Å². The molecule has 0 aliphatic carbocycles. The highest BCUT2D eigenvalue weighted by Gasteiger charge is 1.95. The summed E-state index contributed by atoms with van der Waals surface area (Å²) < 4.78 is 0. The molecule has 0 saturated heterocycles. The van der Waals surface area contributed by atoms with Crippen molar-refractivity contribution in [3.63, 3.8) is 0 Å². The highest BCUT2D eigenvalue weighted by molar-refractivity contribution is 5.85. The van der Waals surface area contributed by atoms with Crippen LogP contribution in [0.1, 0.15) is 26.7 Å². The predicted molar refractivity (Wildman–Crippen MR) is 47.6 cm³/mol. The summed E-state index contributed by atoms with van der Waals surface area (Å²) in [5.74, 6) is -0.816.